The minimum Gasteiger partial charge on any atom is -0.373 e. The molecule has 0 spiro atoms. The van der Waals surface area contributed by atoms with Crippen molar-refractivity contribution in [1.82, 2.24) is 4.90 Å². The van der Waals surface area contributed by atoms with Crippen molar-refractivity contribution < 1.29 is 9.90 Å². The van der Waals surface area contributed by atoms with Crippen molar-refractivity contribution in [2.24, 2.45) is 5.92 Å². The number of ketones is 1. The first-order valence-corrected chi connectivity index (χ1v) is 8.26. The van der Waals surface area contributed by atoms with E-state index in [1.165, 1.54) is 0 Å². The van der Waals surface area contributed by atoms with Gasteiger partial charge in [0, 0.05) is 34.2 Å². The van der Waals surface area contributed by atoms with Crippen LogP contribution in [0.25, 0.3) is 0 Å². The number of rotatable bonds is 3. The zero-order chi connectivity index (χ0) is 15.0. The van der Waals surface area contributed by atoms with E-state index >= 15 is 0 Å². The van der Waals surface area contributed by atoms with E-state index < -0.39 is 6.23 Å². The Morgan fingerprint density at radius 2 is 2.14 bits per heavy atom. The first kappa shape index (κ1) is 14.8. The van der Waals surface area contributed by atoms with Gasteiger partial charge < -0.3 is 10.0 Å². The first-order chi connectivity index (χ1) is 10.1. The number of likely N-dealkylation sites (N-methyl/N-ethyl adjacent to an activating group) is 1. The molecule has 0 amide bonds. The molecule has 0 bridgehead atoms. The summed E-state index contributed by atoms with van der Waals surface area (Å²) in [6, 6.07) is 7.62. The maximum Gasteiger partial charge on any atom is 0.163 e. The van der Waals surface area contributed by atoms with Gasteiger partial charge in [0.1, 0.15) is 6.23 Å². The molecule has 1 aromatic carbocycles. The van der Waals surface area contributed by atoms with Crippen LogP contribution in [0.1, 0.15) is 29.6 Å². The van der Waals surface area contributed by atoms with E-state index in [-0.39, 0.29) is 11.7 Å². The first-order valence-electron chi connectivity index (χ1n) is 7.18. The molecule has 1 aliphatic heterocycles. The molecule has 2 atom stereocenters. The Bertz CT molecular complexity index is 635. The third kappa shape index (κ3) is 2.79. The minimum absolute atomic E-state index is 0.0960. The van der Waals surface area contributed by atoms with E-state index in [1.807, 2.05) is 36.2 Å². The Balaban J connectivity index is 1.83. The highest BCUT2D eigenvalue weighted by atomic mass is 127. The third-order valence-corrected chi connectivity index (χ3v) is 4.92. The molecule has 1 saturated heterocycles. The number of carbonyl (C=O) groups is 1. The minimum atomic E-state index is -0.604. The molecular formula is C17H18INO2. The predicted molar refractivity (Wildman–Crippen MR) is 90.8 cm³/mol. The summed E-state index contributed by atoms with van der Waals surface area (Å²) < 4.78 is 1.06. The quantitative estimate of drug-likeness (QED) is 0.631. The van der Waals surface area contributed by atoms with Gasteiger partial charge in [-0.2, -0.15) is 0 Å². The second-order valence-electron chi connectivity index (χ2n) is 5.59. The zero-order valence-corrected chi connectivity index (χ0v) is 14.1. The number of aliphatic hydroxyl groups excluding tert-OH is 1. The summed E-state index contributed by atoms with van der Waals surface area (Å²) in [5, 5.41) is 10.4. The largest absolute Gasteiger partial charge is 0.373 e. The Morgan fingerprint density at radius 1 is 1.38 bits per heavy atom. The Labute approximate surface area is 138 Å². The summed E-state index contributed by atoms with van der Waals surface area (Å²) in [7, 11) is 1.89. The lowest BCUT2D eigenvalue weighted by atomic mass is 9.89. The van der Waals surface area contributed by atoms with Crippen LogP contribution in [0.3, 0.4) is 0 Å². The summed E-state index contributed by atoms with van der Waals surface area (Å²) in [4.78, 5) is 14.4. The van der Waals surface area contributed by atoms with Crippen molar-refractivity contribution in [2.45, 2.75) is 25.5 Å². The summed E-state index contributed by atoms with van der Waals surface area (Å²) in [6.45, 7) is 0. The molecule has 3 rings (SSSR count). The molecule has 2 aliphatic rings. The second-order valence-corrected chi connectivity index (χ2v) is 6.84. The van der Waals surface area contributed by atoms with Crippen LogP contribution in [0.2, 0.25) is 0 Å². The zero-order valence-electron chi connectivity index (χ0n) is 11.9. The molecule has 1 fully saturated rings. The van der Waals surface area contributed by atoms with Crippen LogP contribution in [0, 0.1) is 9.49 Å². The van der Waals surface area contributed by atoms with Crippen molar-refractivity contribution in [3.8, 4) is 0 Å². The van der Waals surface area contributed by atoms with E-state index in [4.69, 9.17) is 0 Å². The van der Waals surface area contributed by atoms with Crippen LogP contribution in [0.15, 0.2) is 47.7 Å². The number of benzene rings is 1. The average Bonchev–Trinajstić information content (AvgIpc) is 2.73. The number of Topliss-reactive ketones (excluding diaryl/α,β-unsaturated/α-hetero) is 1. The normalized spacial score (nSPS) is 24.4. The molecule has 1 N–H and O–H groups in total. The number of allylic oxidation sites excluding steroid dienone is 3. The monoisotopic (exact) mass is 395 g/mol. The number of halogens is 1. The number of carbonyl (C=O) groups excluding carboxylic acids is 1. The Morgan fingerprint density at radius 3 is 2.90 bits per heavy atom. The van der Waals surface area contributed by atoms with Crippen LogP contribution in [-0.4, -0.2) is 29.1 Å². The van der Waals surface area contributed by atoms with Crippen molar-refractivity contribution in [3.63, 3.8) is 0 Å². The lowest BCUT2D eigenvalue weighted by Gasteiger charge is -2.20. The Kier molecular flexibility index (Phi) is 4.17. The van der Waals surface area contributed by atoms with Gasteiger partial charge in [-0.25, -0.2) is 0 Å². The number of aliphatic hydroxyl groups is 1. The number of likely N-dealkylation sites (tertiary alicyclic amines) is 1. The molecule has 2 unspecified atom stereocenters. The van der Waals surface area contributed by atoms with Gasteiger partial charge in [0.2, 0.25) is 0 Å². The maximum absolute atomic E-state index is 12.5. The van der Waals surface area contributed by atoms with Gasteiger partial charge in [-0.1, -0.05) is 24.3 Å². The van der Waals surface area contributed by atoms with Gasteiger partial charge in [-0.15, -0.1) is 0 Å². The van der Waals surface area contributed by atoms with E-state index in [0.29, 0.717) is 6.42 Å². The van der Waals surface area contributed by atoms with Crippen LogP contribution in [0.4, 0.5) is 0 Å². The lowest BCUT2D eigenvalue weighted by Crippen LogP contribution is -2.29. The smallest absolute Gasteiger partial charge is 0.163 e. The molecule has 4 heteroatoms. The van der Waals surface area contributed by atoms with Crippen molar-refractivity contribution in [2.75, 3.05) is 7.05 Å². The number of hydrogen-bond acceptors (Lipinski definition) is 3. The van der Waals surface area contributed by atoms with E-state index in [1.54, 1.807) is 0 Å². The number of hydrogen-bond donors (Lipinski definition) is 1. The van der Waals surface area contributed by atoms with Gasteiger partial charge in [0.15, 0.2) is 5.78 Å². The second kappa shape index (κ2) is 5.93. The highest BCUT2D eigenvalue weighted by molar-refractivity contribution is 14.1. The van der Waals surface area contributed by atoms with Gasteiger partial charge in [-0.3, -0.25) is 4.79 Å². The SMILES string of the molecule is CN1C2=CCCC=C2C(CC(=O)c2cccc(I)c2)C1O. The lowest BCUT2D eigenvalue weighted by molar-refractivity contribution is 0.0329. The molecule has 0 aromatic heterocycles. The summed E-state index contributed by atoms with van der Waals surface area (Å²) in [6.07, 6.45) is 6.09. The molecule has 21 heavy (non-hydrogen) atoms. The topological polar surface area (TPSA) is 40.5 Å². The highest BCUT2D eigenvalue weighted by Gasteiger charge is 2.39. The molecule has 110 valence electrons. The molecule has 0 radical (unpaired) electrons. The van der Waals surface area contributed by atoms with Crippen molar-refractivity contribution >= 4 is 28.4 Å². The maximum atomic E-state index is 12.5. The molecule has 1 aromatic rings. The van der Waals surface area contributed by atoms with Crippen LogP contribution < -0.4 is 0 Å². The third-order valence-electron chi connectivity index (χ3n) is 4.25. The van der Waals surface area contributed by atoms with Crippen LogP contribution in [-0.2, 0) is 0 Å². The summed E-state index contributed by atoms with van der Waals surface area (Å²) >= 11 is 2.21. The van der Waals surface area contributed by atoms with Crippen LogP contribution >= 0.6 is 22.6 Å². The summed E-state index contributed by atoms with van der Waals surface area (Å²) in [5.74, 6) is -0.0226. The van der Waals surface area contributed by atoms with E-state index in [9.17, 15) is 9.90 Å². The molecule has 3 nitrogen and oxygen atoms in total. The summed E-state index contributed by atoms with van der Waals surface area (Å²) in [5.41, 5.74) is 2.95. The van der Waals surface area contributed by atoms with Crippen molar-refractivity contribution in [3.05, 3.63) is 56.8 Å². The van der Waals surface area contributed by atoms with Gasteiger partial charge in [-0.05, 0) is 53.1 Å². The van der Waals surface area contributed by atoms with Gasteiger partial charge >= 0.3 is 0 Å². The standard InChI is InChI=1S/C17H18INO2/c1-19-15-8-3-2-7-13(15)14(17(19)21)10-16(20)11-5-4-6-12(18)9-11/h4-9,14,17,21H,2-3,10H2,1H3. The van der Waals surface area contributed by atoms with Crippen molar-refractivity contribution in [1.29, 1.82) is 0 Å². The van der Waals surface area contributed by atoms with Gasteiger partial charge in [0.25, 0.3) is 0 Å². The average molecular weight is 395 g/mol. The fourth-order valence-corrected chi connectivity index (χ4v) is 3.68. The van der Waals surface area contributed by atoms with Crippen LogP contribution in [0.5, 0.6) is 0 Å². The van der Waals surface area contributed by atoms with E-state index in [2.05, 4.69) is 34.7 Å². The molecule has 1 aliphatic carbocycles. The van der Waals surface area contributed by atoms with Gasteiger partial charge in [0.05, 0.1) is 0 Å². The molecular weight excluding hydrogens is 377 g/mol. The number of nitrogens with zero attached hydrogens (tertiary/aromatic N) is 1. The molecule has 1 heterocycles. The number of fused-ring (bicyclic) bond motifs is 1. The molecule has 0 saturated carbocycles. The van der Waals surface area contributed by atoms with E-state index in [0.717, 1.165) is 33.2 Å². The fraction of sp³-hybridized carbons (Fsp3) is 0.353. The fourth-order valence-electron chi connectivity index (χ4n) is 3.14. The Hall–Kier alpha value is -1.14. The highest BCUT2D eigenvalue weighted by Crippen LogP contribution is 2.40. The predicted octanol–water partition coefficient (Wildman–Crippen LogP) is 3.35.